The lowest BCUT2D eigenvalue weighted by molar-refractivity contribution is 0.144. The van der Waals surface area contributed by atoms with Crippen molar-refractivity contribution >= 4 is 21.3 Å². The number of hydrogen-bond acceptors (Lipinski definition) is 7. The Morgan fingerprint density at radius 3 is 2.74 bits per heavy atom. The Bertz CT molecular complexity index is 1100. The first-order chi connectivity index (χ1) is 12.8. The SMILES string of the molecule is CS(=O)(=O)C1CCN(c2cc(-c3cnc4ccc(C(F)F)nn34)ncn2)C1. The molecule has 1 aliphatic heterocycles. The normalized spacial score (nSPS) is 17.9. The Balaban J connectivity index is 1.69. The third-order valence-corrected chi connectivity index (χ3v) is 6.19. The van der Waals surface area contributed by atoms with Crippen LogP contribution in [0.4, 0.5) is 14.6 Å². The summed E-state index contributed by atoms with van der Waals surface area (Å²) in [5.41, 5.74) is 0.990. The number of anilines is 1. The number of hydrogen-bond donors (Lipinski definition) is 0. The molecule has 1 atom stereocenters. The molecule has 1 fully saturated rings. The van der Waals surface area contributed by atoms with Crippen LogP contribution in [0, 0.1) is 0 Å². The minimum Gasteiger partial charge on any atom is -0.355 e. The van der Waals surface area contributed by atoms with E-state index < -0.39 is 21.5 Å². The fraction of sp³-hybridized carbons (Fsp3) is 0.375. The molecule has 1 aliphatic rings. The van der Waals surface area contributed by atoms with E-state index in [9.17, 15) is 17.2 Å². The summed E-state index contributed by atoms with van der Waals surface area (Å²) in [4.78, 5) is 14.5. The molecule has 0 aliphatic carbocycles. The third kappa shape index (κ3) is 3.34. The van der Waals surface area contributed by atoms with Gasteiger partial charge in [-0.15, -0.1) is 0 Å². The van der Waals surface area contributed by atoms with Gasteiger partial charge in [-0.25, -0.2) is 36.7 Å². The van der Waals surface area contributed by atoms with Crippen molar-refractivity contribution in [2.75, 3.05) is 24.2 Å². The first-order valence-corrected chi connectivity index (χ1v) is 10.2. The van der Waals surface area contributed by atoms with Gasteiger partial charge in [0.05, 0.1) is 17.1 Å². The van der Waals surface area contributed by atoms with Crippen molar-refractivity contribution in [3.8, 4) is 11.4 Å². The molecular weight excluding hydrogens is 378 g/mol. The molecule has 4 rings (SSSR count). The van der Waals surface area contributed by atoms with Crippen LogP contribution in [0.25, 0.3) is 17.0 Å². The number of nitrogens with zero attached hydrogens (tertiary/aromatic N) is 6. The van der Waals surface area contributed by atoms with E-state index in [1.165, 1.54) is 35.4 Å². The number of imidazole rings is 1. The average Bonchev–Trinajstić information content (AvgIpc) is 3.28. The topological polar surface area (TPSA) is 93.4 Å². The molecule has 0 N–H and O–H groups in total. The largest absolute Gasteiger partial charge is 0.355 e. The predicted molar refractivity (Wildman–Crippen MR) is 94.4 cm³/mol. The smallest absolute Gasteiger partial charge is 0.282 e. The van der Waals surface area contributed by atoms with Gasteiger partial charge in [-0.05, 0) is 18.6 Å². The summed E-state index contributed by atoms with van der Waals surface area (Å²) in [5, 5.41) is 3.50. The lowest BCUT2D eigenvalue weighted by atomic mass is 10.3. The summed E-state index contributed by atoms with van der Waals surface area (Å²) in [7, 11) is -3.12. The quantitative estimate of drug-likeness (QED) is 0.665. The molecule has 11 heteroatoms. The minimum atomic E-state index is -3.12. The second-order valence-corrected chi connectivity index (χ2v) is 8.75. The van der Waals surface area contributed by atoms with Gasteiger partial charge >= 0.3 is 0 Å². The van der Waals surface area contributed by atoms with Gasteiger partial charge in [0.25, 0.3) is 6.43 Å². The van der Waals surface area contributed by atoms with Crippen molar-refractivity contribution in [3.63, 3.8) is 0 Å². The molecule has 0 amide bonds. The van der Waals surface area contributed by atoms with Crippen LogP contribution < -0.4 is 4.90 Å². The second kappa shape index (κ2) is 6.48. The van der Waals surface area contributed by atoms with Gasteiger partial charge < -0.3 is 4.90 Å². The summed E-state index contributed by atoms with van der Waals surface area (Å²) in [6.07, 6.45) is 1.94. The van der Waals surface area contributed by atoms with Crippen molar-refractivity contribution in [1.82, 2.24) is 24.6 Å². The second-order valence-electron chi connectivity index (χ2n) is 6.42. The van der Waals surface area contributed by atoms with Crippen molar-refractivity contribution in [3.05, 3.63) is 36.4 Å². The lowest BCUT2D eigenvalue weighted by Crippen LogP contribution is -2.26. The van der Waals surface area contributed by atoms with Crippen LogP contribution in [0.1, 0.15) is 18.5 Å². The highest BCUT2D eigenvalue weighted by atomic mass is 32.2. The molecule has 27 heavy (non-hydrogen) atoms. The Kier molecular flexibility index (Phi) is 4.25. The van der Waals surface area contributed by atoms with Crippen molar-refractivity contribution < 1.29 is 17.2 Å². The standard InChI is InChI=1S/C16H16F2N6O2S/c1-27(25,26)10-4-5-23(8-10)15-6-12(20-9-21-15)13-7-19-14-3-2-11(16(17)18)22-24(13)14/h2-3,6-7,9-10,16H,4-5,8H2,1H3. The van der Waals surface area contributed by atoms with Crippen LogP contribution in [0.3, 0.4) is 0 Å². The molecule has 142 valence electrons. The van der Waals surface area contributed by atoms with Gasteiger partial charge in [0.1, 0.15) is 23.5 Å². The highest BCUT2D eigenvalue weighted by Crippen LogP contribution is 2.26. The molecule has 0 radical (unpaired) electrons. The van der Waals surface area contributed by atoms with E-state index in [4.69, 9.17) is 0 Å². The molecule has 4 heterocycles. The number of halogens is 2. The van der Waals surface area contributed by atoms with E-state index in [0.29, 0.717) is 42.4 Å². The van der Waals surface area contributed by atoms with Gasteiger partial charge in [0.15, 0.2) is 15.5 Å². The maximum absolute atomic E-state index is 13.0. The summed E-state index contributed by atoms with van der Waals surface area (Å²) in [6.45, 7) is 0.922. The monoisotopic (exact) mass is 394 g/mol. The predicted octanol–water partition coefficient (Wildman–Crippen LogP) is 1.75. The number of rotatable bonds is 4. The fourth-order valence-electron chi connectivity index (χ4n) is 3.12. The van der Waals surface area contributed by atoms with Crippen LogP contribution in [0.15, 0.2) is 30.7 Å². The molecular formula is C16H16F2N6O2S. The summed E-state index contributed by atoms with van der Waals surface area (Å²) >= 11 is 0. The van der Waals surface area contributed by atoms with Crippen molar-refractivity contribution in [2.45, 2.75) is 18.1 Å². The highest BCUT2D eigenvalue weighted by molar-refractivity contribution is 7.91. The van der Waals surface area contributed by atoms with E-state index >= 15 is 0 Å². The molecule has 3 aromatic rings. The first kappa shape index (κ1) is 17.7. The molecule has 0 aromatic carbocycles. The Labute approximate surface area is 153 Å². The first-order valence-electron chi connectivity index (χ1n) is 8.22. The van der Waals surface area contributed by atoms with E-state index in [1.54, 1.807) is 6.07 Å². The van der Waals surface area contributed by atoms with Crippen LogP contribution in [0.2, 0.25) is 0 Å². The average molecular weight is 394 g/mol. The van der Waals surface area contributed by atoms with E-state index in [2.05, 4.69) is 20.1 Å². The molecule has 0 bridgehead atoms. The minimum absolute atomic E-state index is 0.355. The Hall–Kier alpha value is -2.69. The molecule has 1 saturated heterocycles. The van der Waals surface area contributed by atoms with Gasteiger partial charge in [-0.3, -0.25) is 0 Å². The van der Waals surface area contributed by atoms with E-state index in [1.807, 2.05) is 4.90 Å². The summed E-state index contributed by atoms with van der Waals surface area (Å²) < 4.78 is 50.7. The number of aromatic nitrogens is 5. The zero-order chi connectivity index (χ0) is 19.2. The zero-order valence-corrected chi connectivity index (χ0v) is 15.1. The fourth-order valence-corrected chi connectivity index (χ4v) is 4.11. The molecule has 0 spiro atoms. The third-order valence-electron chi connectivity index (χ3n) is 4.60. The molecule has 8 nitrogen and oxygen atoms in total. The van der Waals surface area contributed by atoms with Gasteiger partial charge in [-0.1, -0.05) is 0 Å². The highest BCUT2D eigenvalue weighted by Gasteiger charge is 2.31. The van der Waals surface area contributed by atoms with Crippen LogP contribution >= 0.6 is 0 Å². The maximum Gasteiger partial charge on any atom is 0.282 e. The molecule has 3 aromatic heterocycles. The van der Waals surface area contributed by atoms with Gasteiger partial charge in [-0.2, -0.15) is 5.10 Å². The van der Waals surface area contributed by atoms with Crippen LogP contribution in [-0.4, -0.2) is 57.6 Å². The van der Waals surface area contributed by atoms with Crippen LogP contribution in [-0.2, 0) is 9.84 Å². The Morgan fingerprint density at radius 1 is 1.22 bits per heavy atom. The van der Waals surface area contributed by atoms with E-state index in [0.717, 1.165) is 0 Å². The Morgan fingerprint density at radius 2 is 2.04 bits per heavy atom. The molecule has 1 unspecified atom stereocenters. The summed E-state index contributed by atoms with van der Waals surface area (Å²) in [5.74, 6) is 0.575. The number of fused-ring (bicyclic) bond motifs is 1. The van der Waals surface area contributed by atoms with Crippen molar-refractivity contribution in [2.24, 2.45) is 0 Å². The maximum atomic E-state index is 13.0. The van der Waals surface area contributed by atoms with Crippen molar-refractivity contribution in [1.29, 1.82) is 0 Å². The van der Waals surface area contributed by atoms with Crippen LogP contribution in [0.5, 0.6) is 0 Å². The summed E-state index contributed by atoms with van der Waals surface area (Å²) in [6, 6.07) is 4.39. The number of sulfone groups is 1. The lowest BCUT2D eigenvalue weighted by Gasteiger charge is -2.17. The van der Waals surface area contributed by atoms with Gasteiger partial charge in [0.2, 0.25) is 0 Å². The van der Waals surface area contributed by atoms with Gasteiger partial charge in [0, 0.05) is 25.4 Å². The zero-order valence-electron chi connectivity index (χ0n) is 14.3. The van der Waals surface area contributed by atoms with E-state index in [-0.39, 0.29) is 5.69 Å². The number of alkyl halides is 2. The molecule has 0 saturated carbocycles.